The lowest BCUT2D eigenvalue weighted by Gasteiger charge is -2.32. The van der Waals surface area contributed by atoms with Crippen molar-refractivity contribution in [1.29, 1.82) is 5.26 Å². The monoisotopic (exact) mass is 418 g/mol. The van der Waals surface area contributed by atoms with Gasteiger partial charge in [0.1, 0.15) is 21.8 Å². The Morgan fingerprint density at radius 3 is 2.61 bits per heavy atom. The van der Waals surface area contributed by atoms with E-state index < -0.39 is 0 Å². The quantitative estimate of drug-likeness (QED) is 0.547. The summed E-state index contributed by atoms with van der Waals surface area (Å²) in [7, 11) is 1.66. The summed E-state index contributed by atoms with van der Waals surface area (Å²) in [6.07, 6.45) is 2.59. The van der Waals surface area contributed by atoms with Gasteiger partial charge >= 0.3 is 0 Å². The third-order valence-corrected chi connectivity index (χ3v) is 6.25. The van der Waals surface area contributed by atoms with Crippen LogP contribution in [0.5, 0.6) is 0 Å². The highest BCUT2D eigenvalue weighted by Crippen LogP contribution is 2.35. The van der Waals surface area contributed by atoms with Gasteiger partial charge in [-0.1, -0.05) is 30.9 Å². The van der Waals surface area contributed by atoms with Crippen molar-refractivity contribution in [3.63, 3.8) is 0 Å². The Morgan fingerprint density at radius 2 is 2.00 bits per heavy atom. The van der Waals surface area contributed by atoms with Crippen LogP contribution in [0.1, 0.15) is 30.0 Å². The van der Waals surface area contributed by atoms with Gasteiger partial charge in [0.05, 0.1) is 18.1 Å². The molecule has 0 spiro atoms. The van der Waals surface area contributed by atoms with Gasteiger partial charge in [0.15, 0.2) is 0 Å². The molecule has 7 nitrogen and oxygen atoms in total. The SMILES string of the molecule is CCCN1C(=O)/C(=C/c2c(C)c(C#N)c(=O)n(C)c2N2CCOCC2)SC1=S. The van der Waals surface area contributed by atoms with Gasteiger partial charge < -0.3 is 9.64 Å². The average molecular weight is 419 g/mol. The van der Waals surface area contributed by atoms with Crippen molar-refractivity contribution in [2.75, 3.05) is 37.7 Å². The highest BCUT2D eigenvalue weighted by atomic mass is 32.2. The van der Waals surface area contributed by atoms with Crippen molar-refractivity contribution in [3.8, 4) is 6.07 Å². The molecule has 0 saturated carbocycles. The van der Waals surface area contributed by atoms with E-state index in [0.29, 0.717) is 59.0 Å². The van der Waals surface area contributed by atoms with Crippen LogP contribution in [0.15, 0.2) is 9.70 Å². The van der Waals surface area contributed by atoms with E-state index in [1.165, 1.54) is 16.3 Å². The number of thiocarbonyl (C=S) groups is 1. The van der Waals surface area contributed by atoms with Crippen LogP contribution in [0.2, 0.25) is 0 Å². The molecule has 2 saturated heterocycles. The Hall–Kier alpha value is -2.15. The summed E-state index contributed by atoms with van der Waals surface area (Å²) in [5.41, 5.74) is 1.04. The molecule has 0 unspecified atom stereocenters. The maximum Gasteiger partial charge on any atom is 0.270 e. The number of amides is 1. The molecule has 3 rings (SSSR count). The summed E-state index contributed by atoms with van der Waals surface area (Å²) >= 11 is 6.61. The molecule has 0 radical (unpaired) electrons. The van der Waals surface area contributed by atoms with E-state index >= 15 is 0 Å². The molecule has 2 fully saturated rings. The lowest BCUT2D eigenvalue weighted by molar-refractivity contribution is -0.122. The summed E-state index contributed by atoms with van der Waals surface area (Å²) in [5.74, 6) is 0.571. The van der Waals surface area contributed by atoms with Crippen LogP contribution in [0, 0.1) is 18.3 Å². The number of pyridine rings is 1. The molecule has 1 aromatic heterocycles. The molecular weight excluding hydrogens is 396 g/mol. The Balaban J connectivity index is 2.18. The van der Waals surface area contributed by atoms with Crippen molar-refractivity contribution in [2.45, 2.75) is 20.3 Å². The van der Waals surface area contributed by atoms with Crippen molar-refractivity contribution < 1.29 is 9.53 Å². The molecule has 148 valence electrons. The van der Waals surface area contributed by atoms with E-state index in [0.717, 1.165) is 6.42 Å². The van der Waals surface area contributed by atoms with Crippen LogP contribution in [-0.4, -0.2) is 52.5 Å². The standard InChI is InChI=1S/C19H22N4O3S2/c1-4-5-23-18(25)15(28-19(23)27)10-13-12(2)14(11-20)17(24)21(3)16(13)22-6-8-26-9-7-22/h10H,4-9H2,1-3H3/b15-10-. The van der Waals surface area contributed by atoms with E-state index in [-0.39, 0.29) is 17.0 Å². The van der Waals surface area contributed by atoms with Gasteiger partial charge in [-0.25, -0.2) is 0 Å². The highest BCUT2D eigenvalue weighted by molar-refractivity contribution is 8.26. The van der Waals surface area contributed by atoms with E-state index in [2.05, 4.69) is 4.90 Å². The van der Waals surface area contributed by atoms with Gasteiger partial charge in [-0.3, -0.25) is 19.1 Å². The zero-order chi connectivity index (χ0) is 20.4. The van der Waals surface area contributed by atoms with E-state index in [9.17, 15) is 14.9 Å². The number of hydrogen-bond donors (Lipinski definition) is 0. The fraction of sp³-hybridized carbons (Fsp3) is 0.474. The van der Waals surface area contributed by atoms with Gasteiger partial charge in [0.2, 0.25) is 0 Å². The van der Waals surface area contributed by atoms with Crippen LogP contribution in [-0.2, 0) is 16.6 Å². The highest BCUT2D eigenvalue weighted by Gasteiger charge is 2.32. The molecule has 0 aliphatic carbocycles. The number of anilines is 1. The first kappa shape index (κ1) is 20.6. The summed E-state index contributed by atoms with van der Waals surface area (Å²) in [6, 6.07) is 2.02. The number of carbonyl (C=O) groups is 1. The second-order valence-electron chi connectivity index (χ2n) is 6.65. The molecule has 3 heterocycles. The smallest absolute Gasteiger partial charge is 0.270 e. The van der Waals surface area contributed by atoms with Crippen LogP contribution in [0.3, 0.4) is 0 Å². The van der Waals surface area contributed by atoms with Crippen LogP contribution < -0.4 is 10.5 Å². The van der Waals surface area contributed by atoms with Crippen LogP contribution in [0.4, 0.5) is 5.82 Å². The number of rotatable bonds is 4. The van der Waals surface area contributed by atoms with Crippen molar-refractivity contribution >= 4 is 46.1 Å². The van der Waals surface area contributed by atoms with Gasteiger partial charge in [-0.15, -0.1) is 0 Å². The number of nitriles is 1. The first-order chi connectivity index (χ1) is 13.4. The maximum absolute atomic E-state index is 12.8. The Labute approximate surface area is 173 Å². The average Bonchev–Trinajstić information content (AvgIpc) is 2.95. The predicted molar refractivity (Wildman–Crippen MR) is 114 cm³/mol. The zero-order valence-corrected chi connectivity index (χ0v) is 17.8. The van der Waals surface area contributed by atoms with E-state index in [1.54, 1.807) is 24.9 Å². The molecule has 0 bridgehead atoms. The molecule has 0 atom stereocenters. The topological polar surface area (TPSA) is 78.6 Å². The Bertz CT molecular complexity index is 955. The summed E-state index contributed by atoms with van der Waals surface area (Å²) in [5, 5.41) is 9.50. The van der Waals surface area contributed by atoms with Crippen molar-refractivity contribution in [3.05, 3.63) is 31.9 Å². The van der Waals surface area contributed by atoms with E-state index in [4.69, 9.17) is 17.0 Å². The van der Waals surface area contributed by atoms with Gasteiger partial charge in [0.25, 0.3) is 11.5 Å². The van der Waals surface area contributed by atoms with Crippen LogP contribution in [0.25, 0.3) is 6.08 Å². The van der Waals surface area contributed by atoms with Gasteiger partial charge in [-0.2, -0.15) is 5.26 Å². The number of aromatic nitrogens is 1. The molecule has 0 aromatic carbocycles. The Morgan fingerprint density at radius 1 is 1.32 bits per heavy atom. The molecular formula is C19H22N4O3S2. The number of carbonyl (C=O) groups excluding carboxylic acids is 1. The number of ether oxygens (including phenoxy) is 1. The molecule has 9 heteroatoms. The van der Waals surface area contributed by atoms with Crippen molar-refractivity contribution in [2.24, 2.45) is 7.05 Å². The number of thioether (sulfide) groups is 1. The van der Waals surface area contributed by atoms with Gasteiger partial charge in [-0.05, 0) is 25.0 Å². The second-order valence-corrected chi connectivity index (χ2v) is 8.32. The molecule has 1 aromatic rings. The summed E-state index contributed by atoms with van der Waals surface area (Å²) in [4.78, 5) is 29.7. The fourth-order valence-electron chi connectivity index (χ4n) is 3.42. The lowest BCUT2D eigenvalue weighted by atomic mass is 10.0. The first-order valence-corrected chi connectivity index (χ1v) is 10.3. The second kappa shape index (κ2) is 8.47. The lowest BCUT2D eigenvalue weighted by Crippen LogP contribution is -2.40. The molecule has 2 aliphatic rings. The number of morpholine rings is 1. The third kappa shape index (κ3) is 3.60. The minimum Gasteiger partial charge on any atom is -0.378 e. The molecule has 2 aliphatic heterocycles. The maximum atomic E-state index is 12.8. The predicted octanol–water partition coefficient (Wildman–Crippen LogP) is 2.01. The third-order valence-electron chi connectivity index (χ3n) is 4.87. The Kier molecular flexibility index (Phi) is 6.23. The number of hydrogen-bond acceptors (Lipinski definition) is 7. The zero-order valence-electron chi connectivity index (χ0n) is 16.2. The van der Waals surface area contributed by atoms with E-state index in [1.807, 2.05) is 13.0 Å². The van der Waals surface area contributed by atoms with Gasteiger partial charge in [0, 0.05) is 32.2 Å². The fourth-order valence-corrected chi connectivity index (χ4v) is 4.71. The minimum absolute atomic E-state index is 0.0924. The summed E-state index contributed by atoms with van der Waals surface area (Å²) in [6.45, 7) is 6.72. The molecule has 0 N–H and O–H groups in total. The van der Waals surface area contributed by atoms with Crippen LogP contribution >= 0.6 is 24.0 Å². The molecule has 28 heavy (non-hydrogen) atoms. The molecule has 1 amide bonds. The minimum atomic E-state index is -0.336. The summed E-state index contributed by atoms with van der Waals surface area (Å²) < 4.78 is 7.46. The normalized spacial score (nSPS) is 18.9. The first-order valence-electron chi connectivity index (χ1n) is 9.12. The number of nitrogens with zero attached hydrogens (tertiary/aromatic N) is 4. The largest absolute Gasteiger partial charge is 0.378 e. The van der Waals surface area contributed by atoms with Crippen molar-refractivity contribution in [1.82, 2.24) is 9.47 Å².